The number of nitroso groups, excluding NO2 is 1. The molecule has 1 saturated carbocycles. The molecule has 0 saturated heterocycles. The summed E-state index contributed by atoms with van der Waals surface area (Å²) in [7, 11) is 0. The molecule has 0 aromatic heterocycles. The summed E-state index contributed by atoms with van der Waals surface area (Å²) >= 11 is 0. The number of amides is 1. The molecule has 66 valence electrons. The van der Waals surface area contributed by atoms with Crippen LogP contribution in [0.3, 0.4) is 0 Å². The van der Waals surface area contributed by atoms with Gasteiger partial charge >= 0.3 is 5.97 Å². The van der Waals surface area contributed by atoms with Crippen LogP contribution >= 0.6 is 0 Å². The lowest BCUT2D eigenvalue weighted by atomic mass is 10.1. The lowest BCUT2D eigenvalue weighted by molar-refractivity contribution is -0.141. The molecular formula is C7H9NO4. The van der Waals surface area contributed by atoms with Gasteiger partial charge in [-0.3, -0.25) is 9.59 Å². The highest BCUT2D eigenvalue weighted by Crippen LogP contribution is 2.31. The van der Waals surface area contributed by atoms with Crippen molar-refractivity contribution >= 4 is 11.9 Å². The lowest BCUT2D eigenvalue weighted by Crippen LogP contribution is -2.12. The van der Waals surface area contributed by atoms with E-state index >= 15 is 0 Å². The Morgan fingerprint density at radius 1 is 1.25 bits per heavy atom. The van der Waals surface area contributed by atoms with Crippen LogP contribution < -0.4 is 0 Å². The van der Waals surface area contributed by atoms with Gasteiger partial charge in [0.25, 0.3) is 5.91 Å². The van der Waals surface area contributed by atoms with Crippen LogP contribution in [0.15, 0.2) is 5.18 Å². The molecule has 0 spiro atoms. The average molecular weight is 171 g/mol. The van der Waals surface area contributed by atoms with Gasteiger partial charge in [-0.2, -0.15) is 0 Å². The molecular weight excluding hydrogens is 162 g/mol. The van der Waals surface area contributed by atoms with Crippen molar-refractivity contribution in [3.05, 3.63) is 4.91 Å². The third-order valence-electron chi connectivity index (χ3n) is 2.22. The Kier molecular flexibility index (Phi) is 2.52. The molecule has 0 bridgehead atoms. The van der Waals surface area contributed by atoms with Crippen molar-refractivity contribution in [2.45, 2.75) is 19.3 Å². The number of carboxylic acids is 1. The minimum Gasteiger partial charge on any atom is -0.481 e. The van der Waals surface area contributed by atoms with Crippen LogP contribution in [0.5, 0.6) is 0 Å². The number of hydrogen-bond acceptors (Lipinski definition) is 3. The summed E-state index contributed by atoms with van der Waals surface area (Å²) in [5, 5.41) is 10.8. The Morgan fingerprint density at radius 2 is 1.83 bits per heavy atom. The lowest BCUT2D eigenvalue weighted by Gasteiger charge is -2.01. The topological polar surface area (TPSA) is 83.8 Å². The van der Waals surface area contributed by atoms with E-state index in [-0.39, 0.29) is 6.42 Å². The standard InChI is InChI=1S/C7H9NO4/c9-6(8-12)4-1-2-5(3-4)7(10)11/h4-5H,1-3H2,(H,10,11). The Morgan fingerprint density at radius 3 is 2.25 bits per heavy atom. The van der Waals surface area contributed by atoms with E-state index in [4.69, 9.17) is 5.11 Å². The second kappa shape index (κ2) is 3.42. The number of carboxylic acid groups (broad SMARTS) is 1. The van der Waals surface area contributed by atoms with E-state index in [9.17, 15) is 14.5 Å². The summed E-state index contributed by atoms with van der Waals surface area (Å²) in [5.41, 5.74) is 0. The zero-order chi connectivity index (χ0) is 9.14. The highest BCUT2D eigenvalue weighted by molar-refractivity contribution is 5.81. The molecule has 5 heteroatoms. The van der Waals surface area contributed by atoms with Crippen molar-refractivity contribution in [1.82, 2.24) is 0 Å². The molecule has 1 fully saturated rings. The van der Waals surface area contributed by atoms with Gasteiger partial charge in [0.1, 0.15) is 0 Å². The van der Waals surface area contributed by atoms with Crippen molar-refractivity contribution in [3.63, 3.8) is 0 Å². The molecule has 12 heavy (non-hydrogen) atoms. The zero-order valence-corrected chi connectivity index (χ0v) is 6.40. The van der Waals surface area contributed by atoms with E-state index in [0.717, 1.165) is 0 Å². The third kappa shape index (κ3) is 1.66. The molecule has 2 unspecified atom stereocenters. The SMILES string of the molecule is O=NC(=O)C1CCC(C(=O)O)C1. The summed E-state index contributed by atoms with van der Waals surface area (Å²) in [4.78, 5) is 31.0. The van der Waals surface area contributed by atoms with Gasteiger partial charge in [-0.05, 0) is 19.3 Å². The van der Waals surface area contributed by atoms with Gasteiger partial charge in [0.2, 0.25) is 0 Å². The molecule has 0 aromatic rings. The molecule has 2 atom stereocenters. The van der Waals surface area contributed by atoms with E-state index in [1.54, 1.807) is 0 Å². The van der Waals surface area contributed by atoms with Crippen LogP contribution in [0.25, 0.3) is 0 Å². The number of aliphatic carboxylic acids is 1. The minimum atomic E-state index is -0.892. The first kappa shape index (κ1) is 8.83. The van der Waals surface area contributed by atoms with Crippen molar-refractivity contribution in [2.24, 2.45) is 17.0 Å². The van der Waals surface area contributed by atoms with Crippen LogP contribution in [0, 0.1) is 16.7 Å². The number of rotatable bonds is 2. The first-order valence-corrected chi connectivity index (χ1v) is 3.75. The molecule has 1 aliphatic carbocycles. The van der Waals surface area contributed by atoms with E-state index in [1.165, 1.54) is 0 Å². The van der Waals surface area contributed by atoms with Crippen molar-refractivity contribution in [3.8, 4) is 0 Å². The van der Waals surface area contributed by atoms with Crippen LogP contribution in [-0.4, -0.2) is 17.0 Å². The first-order chi connectivity index (χ1) is 5.65. The fraction of sp³-hybridized carbons (Fsp3) is 0.714. The van der Waals surface area contributed by atoms with Crippen LogP contribution in [0.1, 0.15) is 19.3 Å². The number of hydrogen-bond donors (Lipinski definition) is 1. The second-order valence-corrected chi connectivity index (χ2v) is 2.97. The Bertz CT molecular complexity index is 225. The van der Waals surface area contributed by atoms with Crippen molar-refractivity contribution in [2.75, 3.05) is 0 Å². The number of carbonyl (C=O) groups excluding carboxylic acids is 1. The maximum Gasteiger partial charge on any atom is 0.306 e. The quantitative estimate of drug-likeness (QED) is 0.622. The predicted molar refractivity (Wildman–Crippen MR) is 39.3 cm³/mol. The average Bonchev–Trinajstić information content (AvgIpc) is 2.51. The van der Waals surface area contributed by atoms with E-state index in [1.807, 2.05) is 0 Å². The van der Waals surface area contributed by atoms with E-state index < -0.39 is 23.7 Å². The summed E-state index contributed by atoms with van der Waals surface area (Å²) in [6.45, 7) is 0. The first-order valence-electron chi connectivity index (χ1n) is 3.75. The molecule has 0 heterocycles. The van der Waals surface area contributed by atoms with Crippen molar-refractivity contribution < 1.29 is 14.7 Å². The molecule has 1 aliphatic rings. The molecule has 1 N–H and O–H groups in total. The highest BCUT2D eigenvalue weighted by atomic mass is 16.4. The Hall–Kier alpha value is -1.26. The largest absolute Gasteiger partial charge is 0.481 e. The van der Waals surface area contributed by atoms with Gasteiger partial charge in [-0.1, -0.05) is 0 Å². The molecule has 1 amide bonds. The van der Waals surface area contributed by atoms with Gasteiger partial charge in [-0.25, -0.2) is 0 Å². The van der Waals surface area contributed by atoms with E-state index in [0.29, 0.717) is 12.8 Å². The zero-order valence-electron chi connectivity index (χ0n) is 6.40. The molecule has 1 rings (SSSR count). The molecule has 5 nitrogen and oxygen atoms in total. The molecule has 0 radical (unpaired) electrons. The molecule has 0 aromatic carbocycles. The third-order valence-corrected chi connectivity index (χ3v) is 2.22. The number of nitrogens with zero attached hydrogens (tertiary/aromatic N) is 1. The summed E-state index contributed by atoms with van der Waals surface area (Å²) in [6.07, 6.45) is 1.21. The monoisotopic (exact) mass is 171 g/mol. The van der Waals surface area contributed by atoms with Gasteiger partial charge in [0.05, 0.1) is 5.92 Å². The Balaban J connectivity index is 2.50. The maximum absolute atomic E-state index is 10.7. The van der Waals surface area contributed by atoms with Gasteiger partial charge < -0.3 is 5.11 Å². The Labute approximate surface area is 68.7 Å². The predicted octanol–water partition coefficient (Wildman–Crippen LogP) is 0.780. The number of carbonyl (C=O) groups is 2. The maximum atomic E-state index is 10.7. The van der Waals surface area contributed by atoms with E-state index in [2.05, 4.69) is 5.18 Å². The summed E-state index contributed by atoms with van der Waals surface area (Å²) in [5.74, 6) is -2.53. The van der Waals surface area contributed by atoms with Gasteiger partial charge in [-0.15, -0.1) is 4.91 Å². The fourth-order valence-electron chi connectivity index (χ4n) is 1.50. The smallest absolute Gasteiger partial charge is 0.306 e. The van der Waals surface area contributed by atoms with Crippen LogP contribution in [-0.2, 0) is 9.59 Å². The molecule has 0 aliphatic heterocycles. The van der Waals surface area contributed by atoms with Crippen LogP contribution in [0.4, 0.5) is 0 Å². The normalized spacial score (nSPS) is 28.3. The van der Waals surface area contributed by atoms with Gasteiger partial charge in [0, 0.05) is 11.1 Å². The fourth-order valence-corrected chi connectivity index (χ4v) is 1.50. The van der Waals surface area contributed by atoms with Gasteiger partial charge in [0.15, 0.2) is 0 Å². The minimum absolute atomic E-state index is 0.264. The summed E-state index contributed by atoms with van der Waals surface area (Å²) < 4.78 is 0. The van der Waals surface area contributed by atoms with Crippen molar-refractivity contribution in [1.29, 1.82) is 0 Å². The highest BCUT2D eigenvalue weighted by Gasteiger charge is 2.34. The summed E-state index contributed by atoms with van der Waals surface area (Å²) in [6, 6.07) is 0. The van der Waals surface area contributed by atoms with Crippen LogP contribution in [0.2, 0.25) is 0 Å². The second-order valence-electron chi connectivity index (χ2n) is 2.97.